The fraction of sp³-hybridized carbons (Fsp3) is 0.211. The molecule has 2 aromatic heterocycles. The fourth-order valence-electron chi connectivity index (χ4n) is 2.64. The molecule has 0 unspecified atom stereocenters. The van der Waals surface area contributed by atoms with E-state index in [0.29, 0.717) is 13.1 Å². The van der Waals surface area contributed by atoms with Gasteiger partial charge in [0.15, 0.2) is 0 Å². The summed E-state index contributed by atoms with van der Waals surface area (Å²) in [7, 11) is 0. The molecule has 0 aliphatic rings. The van der Waals surface area contributed by atoms with Gasteiger partial charge in [0, 0.05) is 24.6 Å². The van der Waals surface area contributed by atoms with Gasteiger partial charge in [0.05, 0.1) is 12.2 Å². The monoisotopic (exact) mass is 335 g/mol. The minimum absolute atomic E-state index is 0.220. The number of amides is 2. The molecule has 0 aliphatic heterocycles. The van der Waals surface area contributed by atoms with E-state index in [2.05, 4.69) is 26.8 Å². The third-order valence-electron chi connectivity index (χ3n) is 3.67. The van der Waals surface area contributed by atoms with Crippen LogP contribution in [0.25, 0.3) is 11.4 Å². The number of nitrogens with one attached hydrogen (secondary N) is 2. The summed E-state index contributed by atoms with van der Waals surface area (Å²) in [6.07, 6.45) is 3.63. The van der Waals surface area contributed by atoms with E-state index in [0.717, 1.165) is 28.2 Å². The molecule has 2 amide bonds. The Bertz CT molecular complexity index is 837. The highest BCUT2D eigenvalue weighted by Crippen LogP contribution is 2.14. The number of carbonyl (C=O) groups is 1. The van der Waals surface area contributed by atoms with Gasteiger partial charge in [-0.1, -0.05) is 12.1 Å². The summed E-state index contributed by atoms with van der Waals surface area (Å²) in [5.74, 6) is 0. The minimum Gasteiger partial charge on any atom is -0.336 e. The molecule has 0 saturated heterocycles. The number of carbonyl (C=O) groups excluding carboxylic acids is 1. The molecule has 0 saturated carbocycles. The van der Waals surface area contributed by atoms with Crippen LogP contribution in [0.4, 0.5) is 10.5 Å². The Morgan fingerprint density at radius 1 is 1.08 bits per heavy atom. The maximum Gasteiger partial charge on any atom is 0.319 e. The average Bonchev–Trinajstić information content (AvgIpc) is 3.03. The standard InChI is InChI=1S/C19H21N5O/c1-14-11-15(2)13-16(12-14)22-19(25)21-8-10-24-9-6-18(23-24)17-5-3-4-7-20-17/h3-7,9,11-13H,8,10H2,1-2H3,(H2,21,22,25). The van der Waals surface area contributed by atoms with E-state index in [4.69, 9.17) is 0 Å². The van der Waals surface area contributed by atoms with Crippen molar-refractivity contribution in [2.24, 2.45) is 0 Å². The van der Waals surface area contributed by atoms with Gasteiger partial charge in [-0.3, -0.25) is 9.67 Å². The Balaban J connectivity index is 1.49. The molecule has 0 bridgehead atoms. The molecule has 0 atom stereocenters. The van der Waals surface area contributed by atoms with Crippen LogP contribution in [0.15, 0.2) is 54.9 Å². The van der Waals surface area contributed by atoms with Crippen LogP contribution in [0.1, 0.15) is 11.1 Å². The Morgan fingerprint density at radius 2 is 1.88 bits per heavy atom. The molecule has 2 N–H and O–H groups in total. The molecule has 0 fully saturated rings. The Labute approximate surface area is 146 Å². The van der Waals surface area contributed by atoms with Gasteiger partial charge in [-0.15, -0.1) is 0 Å². The summed E-state index contributed by atoms with van der Waals surface area (Å²) in [5, 5.41) is 10.2. The van der Waals surface area contributed by atoms with Gasteiger partial charge >= 0.3 is 6.03 Å². The van der Waals surface area contributed by atoms with Crippen LogP contribution in [-0.4, -0.2) is 27.3 Å². The first-order valence-corrected chi connectivity index (χ1v) is 8.18. The second-order valence-corrected chi connectivity index (χ2v) is 5.94. The summed E-state index contributed by atoms with van der Waals surface area (Å²) in [6.45, 7) is 5.09. The highest BCUT2D eigenvalue weighted by atomic mass is 16.2. The fourth-order valence-corrected chi connectivity index (χ4v) is 2.64. The summed E-state index contributed by atoms with van der Waals surface area (Å²) >= 11 is 0. The molecule has 2 heterocycles. The maximum atomic E-state index is 12.0. The molecule has 0 radical (unpaired) electrons. The van der Waals surface area contributed by atoms with Crippen molar-refractivity contribution < 1.29 is 4.79 Å². The van der Waals surface area contributed by atoms with Gasteiger partial charge in [-0.05, 0) is 55.3 Å². The summed E-state index contributed by atoms with van der Waals surface area (Å²) in [5.41, 5.74) is 4.69. The number of anilines is 1. The Kier molecular flexibility index (Phi) is 5.09. The maximum absolute atomic E-state index is 12.0. The number of pyridine rings is 1. The van der Waals surface area contributed by atoms with Crippen LogP contribution in [0, 0.1) is 13.8 Å². The summed E-state index contributed by atoms with van der Waals surface area (Å²) in [4.78, 5) is 16.3. The first-order valence-electron chi connectivity index (χ1n) is 8.18. The van der Waals surface area contributed by atoms with Crippen LogP contribution >= 0.6 is 0 Å². The molecule has 1 aromatic carbocycles. The lowest BCUT2D eigenvalue weighted by Gasteiger charge is -2.09. The molecule has 3 rings (SSSR count). The number of benzene rings is 1. The van der Waals surface area contributed by atoms with Crippen molar-refractivity contribution >= 4 is 11.7 Å². The molecule has 6 heteroatoms. The Morgan fingerprint density at radius 3 is 2.60 bits per heavy atom. The van der Waals surface area contributed by atoms with Crippen molar-refractivity contribution in [1.29, 1.82) is 0 Å². The highest BCUT2D eigenvalue weighted by molar-refractivity contribution is 5.89. The van der Waals surface area contributed by atoms with Crippen LogP contribution in [0.2, 0.25) is 0 Å². The van der Waals surface area contributed by atoms with Crippen molar-refractivity contribution in [3.8, 4) is 11.4 Å². The number of nitrogens with zero attached hydrogens (tertiary/aromatic N) is 3. The molecular formula is C19H21N5O. The minimum atomic E-state index is -0.220. The first-order chi connectivity index (χ1) is 12.1. The van der Waals surface area contributed by atoms with E-state index in [9.17, 15) is 4.79 Å². The lowest BCUT2D eigenvalue weighted by Crippen LogP contribution is -2.31. The number of aromatic nitrogens is 3. The zero-order valence-electron chi connectivity index (χ0n) is 14.4. The largest absolute Gasteiger partial charge is 0.336 e. The summed E-state index contributed by atoms with van der Waals surface area (Å²) < 4.78 is 1.79. The van der Waals surface area contributed by atoms with E-state index >= 15 is 0 Å². The molecule has 6 nitrogen and oxygen atoms in total. The number of hydrogen-bond donors (Lipinski definition) is 2. The highest BCUT2D eigenvalue weighted by Gasteiger charge is 2.05. The van der Waals surface area contributed by atoms with E-state index < -0.39 is 0 Å². The van der Waals surface area contributed by atoms with Crippen molar-refractivity contribution in [1.82, 2.24) is 20.1 Å². The van der Waals surface area contributed by atoms with Crippen molar-refractivity contribution in [3.05, 3.63) is 66.0 Å². The second kappa shape index (κ2) is 7.61. The van der Waals surface area contributed by atoms with Crippen LogP contribution in [-0.2, 0) is 6.54 Å². The van der Waals surface area contributed by atoms with Gasteiger partial charge in [0.1, 0.15) is 5.69 Å². The zero-order chi connectivity index (χ0) is 17.6. The Hall–Kier alpha value is -3.15. The normalized spacial score (nSPS) is 10.5. The average molecular weight is 335 g/mol. The van der Waals surface area contributed by atoms with Crippen LogP contribution in [0.3, 0.4) is 0 Å². The number of hydrogen-bond acceptors (Lipinski definition) is 3. The molecule has 0 spiro atoms. The predicted octanol–water partition coefficient (Wildman–Crippen LogP) is 3.38. The molecule has 0 aliphatic carbocycles. The van der Waals surface area contributed by atoms with E-state index in [-0.39, 0.29) is 6.03 Å². The number of urea groups is 1. The third kappa shape index (κ3) is 4.67. The zero-order valence-corrected chi connectivity index (χ0v) is 14.4. The topological polar surface area (TPSA) is 71.8 Å². The van der Waals surface area contributed by atoms with Crippen molar-refractivity contribution in [3.63, 3.8) is 0 Å². The SMILES string of the molecule is Cc1cc(C)cc(NC(=O)NCCn2ccc(-c3ccccn3)n2)c1. The van der Waals surface area contributed by atoms with Crippen molar-refractivity contribution in [2.75, 3.05) is 11.9 Å². The summed E-state index contributed by atoms with van der Waals surface area (Å²) in [6, 6.07) is 13.4. The lowest BCUT2D eigenvalue weighted by molar-refractivity contribution is 0.251. The molecule has 25 heavy (non-hydrogen) atoms. The van der Waals surface area contributed by atoms with Gasteiger partial charge in [-0.2, -0.15) is 5.10 Å². The lowest BCUT2D eigenvalue weighted by atomic mass is 10.1. The van der Waals surface area contributed by atoms with Gasteiger partial charge < -0.3 is 10.6 Å². The van der Waals surface area contributed by atoms with Crippen molar-refractivity contribution in [2.45, 2.75) is 20.4 Å². The molecule has 128 valence electrons. The van der Waals surface area contributed by atoms with Crippen LogP contribution in [0.5, 0.6) is 0 Å². The second-order valence-electron chi connectivity index (χ2n) is 5.94. The van der Waals surface area contributed by atoms with E-state index in [1.807, 2.05) is 56.4 Å². The number of rotatable bonds is 5. The van der Waals surface area contributed by atoms with Crippen LogP contribution < -0.4 is 10.6 Å². The third-order valence-corrected chi connectivity index (χ3v) is 3.67. The van der Waals surface area contributed by atoms with Gasteiger partial charge in [0.25, 0.3) is 0 Å². The van der Waals surface area contributed by atoms with E-state index in [1.165, 1.54) is 0 Å². The quantitative estimate of drug-likeness (QED) is 0.751. The van der Waals surface area contributed by atoms with E-state index in [1.54, 1.807) is 10.9 Å². The molecule has 3 aromatic rings. The smallest absolute Gasteiger partial charge is 0.319 e. The number of aryl methyl sites for hydroxylation is 2. The van der Waals surface area contributed by atoms with Gasteiger partial charge in [-0.25, -0.2) is 4.79 Å². The first kappa shape index (κ1) is 16.7. The van der Waals surface area contributed by atoms with Gasteiger partial charge in [0.2, 0.25) is 0 Å². The molecular weight excluding hydrogens is 314 g/mol. The predicted molar refractivity (Wildman–Crippen MR) is 98.4 cm³/mol.